The normalized spacial score (nSPS) is 10.2. The number of nitrogens with zero attached hydrogens (tertiary/aromatic N) is 3. The summed E-state index contributed by atoms with van der Waals surface area (Å²) in [6, 6.07) is 20.9. The molecule has 0 atom stereocenters. The number of primary amides is 1. The van der Waals surface area contributed by atoms with Crippen molar-refractivity contribution in [3.05, 3.63) is 83.8 Å². The molecule has 0 saturated heterocycles. The Morgan fingerprint density at radius 2 is 1.71 bits per heavy atom. The second kappa shape index (κ2) is 12.3. The number of hydrogen-bond acceptors (Lipinski definition) is 4. The molecule has 0 saturated carbocycles. The van der Waals surface area contributed by atoms with Crippen LogP contribution in [0.5, 0.6) is 0 Å². The van der Waals surface area contributed by atoms with Crippen molar-refractivity contribution >= 4 is 41.2 Å². The predicted octanol–water partition coefficient (Wildman–Crippen LogP) is 5.73. The molecule has 5 nitrogen and oxygen atoms in total. The van der Waals surface area contributed by atoms with E-state index in [0.29, 0.717) is 0 Å². The maximum atomic E-state index is 8.58. The minimum Gasteiger partial charge on any atom is -0.372 e. The van der Waals surface area contributed by atoms with Crippen molar-refractivity contribution in [2.45, 2.75) is 30.6 Å². The molecule has 0 spiro atoms. The quantitative estimate of drug-likeness (QED) is 0.418. The average molecular weight is 433 g/mol. The van der Waals surface area contributed by atoms with Crippen LogP contribution in [0.2, 0.25) is 0 Å². The number of rotatable bonds is 4. The third-order valence-electron chi connectivity index (χ3n) is 4.27. The molecule has 0 aliphatic heterocycles. The van der Waals surface area contributed by atoms with E-state index in [0.717, 1.165) is 22.3 Å². The number of aryl methyl sites for hydroxylation is 2. The van der Waals surface area contributed by atoms with Crippen LogP contribution in [-0.4, -0.2) is 21.2 Å². The lowest BCUT2D eigenvalue weighted by atomic mass is 10.2. The summed E-state index contributed by atoms with van der Waals surface area (Å²) in [4.78, 5) is 15.4. The van der Waals surface area contributed by atoms with Crippen molar-refractivity contribution in [3.8, 4) is 0 Å². The van der Waals surface area contributed by atoms with Crippen molar-refractivity contribution in [2.24, 2.45) is 12.8 Å². The van der Waals surface area contributed by atoms with E-state index in [1.54, 1.807) is 18.0 Å². The van der Waals surface area contributed by atoms with Crippen LogP contribution in [-0.2, 0) is 11.8 Å². The van der Waals surface area contributed by atoms with E-state index in [-0.39, 0.29) is 6.41 Å². The Bertz CT molecular complexity index is 1140. The first-order valence-electron chi connectivity index (χ1n) is 10.1. The van der Waals surface area contributed by atoms with E-state index in [4.69, 9.17) is 4.79 Å². The topological polar surface area (TPSA) is 73.8 Å². The van der Waals surface area contributed by atoms with E-state index in [9.17, 15) is 0 Å². The summed E-state index contributed by atoms with van der Waals surface area (Å²) >= 11 is 1.79. The predicted molar refractivity (Wildman–Crippen MR) is 131 cm³/mol. The lowest BCUT2D eigenvalue weighted by Crippen LogP contribution is -1.89. The summed E-state index contributed by atoms with van der Waals surface area (Å²) < 4.78 is 1.94. The minimum atomic E-state index is 0.250. The van der Waals surface area contributed by atoms with E-state index in [1.807, 2.05) is 55.9 Å². The highest BCUT2D eigenvalue weighted by molar-refractivity contribution is 7.99. The van der Waals surface area contributed by atoms with Crippen LogP contribution in [0.25, 0.3) is 23.1 Å². The van der Waals surface area contributed by atoms with Crippen LogP contribution < -0.4 is 5.73 Å². The highest BCUT2D eigenvalue weighted by atomic mass is 32.2. The van der Waals surface area contributed by atoms with Gasteiger partial charge in [-0.2, -0.15) is 5.10 Å². The molecule has 6 heteroatoms. The summed E-state index contributed by atoms with van der Waals surface area (Å²) in [5.74, 6) is 0. The molecule has 0 aliphatic rings. The Kier molecular flexibility index (Phi) is 9.52. The van der Waals surface area contributed by atoms with Gasteiger partial charge in [0.15, 0.2) is 0 Å². The first-order valence-corrected chi connectivity index (χ1v) is 10.9. The Morgan fingerprint density at radius 1 is 1.00 bits per heavy atom. The van der Waals surface area contributed by atoms with Gasteiger partial charge in [-0.1, -0.05) is 49.9 Å². The summed E-state index contributed by atoms with van der Waals surface area (Å²) in [7, 11) is 1.99. The number of aromatic nitrogens is 3. The Balaban J connectivity index is 0.000000630. The summed E-state index contributed by atoms with van der Waals surface area (Å²) in [5.41, 5.74) is 8.48. The molecule has 31 heavy (non-hydrogen) atoms. The smallest absolute Gasteiger partial charge is 0.204 e. The molecule has 2 N–H and O–H groups in total. The number of hydrogen-bond donors (Lipinski definition) is 1. The Morgan fingerprint density at radius 3 is 2.39 bits per heavy atom. The van der Waals surface area contributed by atoms with E-state index >= 15 is 0 Å². The number of carbonyl (C=O) groups is 1. The fraction of sp³-hybridized carbons (Fsp3) is 0.160. The molecule has 4 rings (SSSR count). The van der Waals surface area contributed by atoms with Crippen molar-refractivity contribution in [1.82, 2.24) is 14.8 Å². The lowest BCUT2D eigenvalue weighted by Gasteiger charge is -2.05. The number of benzene rings is 2. The van der Waals surface area contributed by atoms with Crippen molar-refractivity contribution in [3.63, 3.8) is 0 Å². The van der Waals surface area contributed by atoms with Crippen molar-refractivity contribution in [2.75, 3.05) is 0 Å². The van der Waals surface area contributed by atoms with Gasteiger partial charge in [-0.15, -0.1) is 0 Å². The van der Waals surface area contributed by atoms with Gasteiger partial charge in [0.1, 0.15) is 0 Å². The highest BCUT2D eigenvalue weighted by Gasteiger charge is 2.08. The van der Waals surface area contributed by atoms with Crippen LogP contribution in [0.15, 0.2) is 76.7 Å². The second-order valence-corrected chi connectivity index (χ2v) is 7.39. The van der Waals surface area contributed by atoms with Crippen LogP contribution in [0.4, 0.5) is 0 Å². The SMILES string of the molecule is CC.Cc1ccccc1Sc1ccc2c(/C=C/c3ccccn3)nn(C)c2c1.NC=O. The second-order valence-electron chi connectivity index (χ2n) is 6.28. The van der Waals surface area contributed by atoms with Gasteiger partial charge in [0.05, 0.1) is 16.9 Å². The summed E-state index contributed by atoms with van der Waals surface area (Å²) in [6.07, 6.45) is 6.07. The van der Waals surface area contributed by atoms with Crippen LogP contribution in [0.1, 0.15) is 30.8 Å². The number of carbonyl (C=O) groups excluding carboxylic acids is 1. The minimum absolute atomic E-state index is 0.250. The zero-order valence-electron chi connectivity index (χ0n) is 18.3. The number of amides is 1. The van der Waals surface area contributed by atoms with Crippen molar-refractivity contribution in [1.29, 1.82) is 0 Å². The maximum Gasteiger partial charge on any atom is 0.204 e. The monoisotopic (exact) mass is 432 g/mol. The molecule has 4 aromatic rings. The highest BCUT2D eigenvalue weighted by Crippen LogP contribution is 2.32. The molecule has 1 amide bonds. The van der Waals surface area contributed by atoms with Gasteiger partial charge in [-0.25, -0.2) is 0 Å². The molecule has 160 valence electrons. The lowest BCUT2D eigenvalue weighted by molar-refractivity contribution is -0.106. The molecule has 0 radical (unpaired) electrons. The van der Waals surface area contributed by atoms with Gasteiger partial charge in [0.25, 0.3) is 0 Å². The van der Waals surface area contributed by atoms with Crippen LogP contribution >= 0.6 is 11.8 Å². The number of fused-ring (bicyclic) bond motifs is 1. The molecule has 0 fully saturated rings. The molecule has 2 aromatic heterocycles. The standard InChI is InChI=1S/C22H19N3S.C2H6.CH3NO/c1-16-7-3-4-9-22(16)26-18-11-12-19-20(24-25(2)21(19)15-18)13-10-17-8-5-6-14-23-17;1-2;2-1-3/h3-15H,1-2H3;1-2H3;1H,(H2,2,3)/b13-10+;;. The fourth-order valence-electron chi connectivity index (χ4n) is 2.89. The largest absolute Gasteiger partial charge is 0.372 e. The molecule has 2 heterocycles. The third-order valence-corrected chi connectivity index (χ3v) is 5.44. The van der Waals surface area contributed by atoms with E-state index < -0.39 is 0 Å². The molecule has 0 bridgehead atoms. The fourth-order valence-corrected chi connectivity index (χ4v) is 3.82. The maximum absolute atomic E-state index is 8.58. The van der Waals surface area contributed by atoms with Gasteiger partial charge in [-0.3, -0.25) is 14.5 Å². The van der Waals surface area contributed by atoms with Gasteiger partial charge in [0.2, 0.25) is 6.41 Å². The first kappa shape index (κ1) is 23.9. The van der Waals surface area contributed by atoms with Gasteiger partial charge >= 0.3 is 0 Å². The van der Waals surface area contributed by atoms with Gasteiger partial charge in [0, 0.05) is 28.4 Å². The number of pyridine rings is 1. The molecule has 2 aromatic carbocycles. The molecule has 0 aliphatic carbocycles. The summed E-state index contributed by atoms with van der Waals surface area (Å²) in [6.45, 7) is 6.14. The van der Waals surface area contributed by atoms with E-state index in [2.05, 4.69) is 65.2 Å². The molecular formula is C25H28N4OS. The van der Waals surface area contributed by atoms with Gasteiger partial charge in [-0.05, 0) is 61.0 Å². The Labute approximate surface area is 188 Å². The van der Waals surface area contributed by atoms with Crippen LogP contribution in [0.3, 0.4) is 0 Å². The molecular weight excluding hydrogens is 404 g/mol. The van der Waals surface area contributed by atoms with Gasteiger partial charge < -0.3 is 5.73 Å². The summed E-state index contributed by atoms with van der Waals surface area (Å²) in [5, 5.41) is 5.81. The van der Waals surface area contributed by atoms with Crippen LogP contribution in [0, 0.1) is 6.92 Å². The third kappa shape index (κ3) is 6.55. The van der Waals surface area contributed by atoms with E-state index in [1.165, 1.54) is 15.4 Å². The molecule has 0 unspecified atom stereocenters. The van der Waals surface area contributed by atoms with Crippen molar-refractivity contribution < 1.29 is 4.79 Å². The Hall–Kier alpha value is -3.38. The number of nitrogens with two attached hydrogens (primary N) is 1. The first-order chi connectivity index (χ1) is 15.1. The zero-order valence-corrected chi connectivity index (χ0v) is 19.1. The average Bonchev–Trinajstić information content (AvgIpc) is 3.12. The zero-order chi connectivity index (χ0) is 22.6.